The smallest absolute Gasteiger partial charge is 0.139 e. The average molecular weight is 300 g/mol. The maximum Gasteiger partial charge on any atom is 0.139 e. The van der Waals surface area contributed by atoms with E-state index in [2.05, 4.69) is 56.7 Å². The number of rotatable bonds is 3. The summed E-state index contributed by atoms with van der Waals surface area (Å²) in [5.41, 5.74) is 4.94. The van der Waals surface area contributed by atoms with Crippen molar-refractivity contribution in [3.63, 3.8) is 0 Å². The molecule has 1 N–H and O–H groups in total. The Bertz CT molecular complexity index is 592. The van der Waals surface area contributed by atoms with Crippen LogP contribution in [-0.2, 0) is 12.0 Å². The monoisotopic (exact) mass is 300 g/mol. The number of ether oxygens (including phenoxy) is 1. The first kappa shape index (κ1) is 18.2. The van der Waals surface area contributed by atoms with E-state index in [1.54, 1.807) is 6.21 Å². The number of aliphatic imine (C=N–C) groups is 1. The summed E-state index contributed by atoms with van der Waals surface area (Å²) in [6.07, 6.45) is 5.29. The largest absolute Gasteiger partial charge is 0.477 e. The van der Waals surface area contributed by atoms with Gasteiger partial charge in [0.05, 0.1) is 0 Å². The van der Waals surface area contributed by atoms with Crippen LogP contribution in [0, 0.1) is 0 Å². The average Bonchev–Trinajstić information content (AvgIpc) is 2.45. The molecular formula is C19H28N2O. The minimum atomic E-state index is 0. The molecule has 0 saturated heterocycles. The molecule has 0 spiro atoms. The summed E-state index contributed by atoms with van der Waals surface area (Å²) in [7, 11) is 0. The Hall–Kier alpha value is -1.87. The zero-order valence-electron chi connectivity index (χ0n) is 13.4. The van der Waals surface area contributed by atoms with Crippen LogP contribution in [0.2, 0.25) is 0 Å². The summed E-state index contributed by atoms with van der Waals surface area (Å²) in [5, 5.41) is 3.26. The van der Waals surface area contributed by atoms with Crippen molar-refractivity contribution in [2.24, 2.45) is 4.99 Å². The highest BCUT2D eigenvalue weighted by Crippen LogP contribution is 2.36. The van der Waals surface area contributed by atoms with E-state index in [0.717, 1.165) is 23.4 Å². The van der Waals surface area contributed by atoms with Gasteiger partial charge in [-0.25, -0.2) is 0 Å². The topological polar surface area (TPSA) is 33.6 Å². The molecule has 22 heavy (non-hydrogen) atoms. The number of benzene rings is 1. The molecule has 0 aromatic heterocycles. The van der Waals surface area contributed by atoms with Gasteiger partial charge in [-0.05, 0) is 35.6 Å². The summed E-state index contributed by atoms with van der Waals surface area (Å²) >= 11 is 0. The molecule has 0 bridgehead atoms. The lowest BCUT2D eigenvalue weighted by Gasteiger charge is -2.27. The summed E-state index contributed by atoms with van der Waals surface area (Å²) in [4.78, 5) is 4.03. The Morgan fingerprint density at radius 1 is 1.36 bits per heavy atom. The predicted molar refractivity (Wildman–Crippen MR) is 96.5 cm³/mol. The first-order valence-corrected chi connectivity index (χ1v) is 7.25. The van der Waals surface area contributed by atoms with Crippen molar-refractivity contribution >= 4 is 11.8 Å². The van der Waals surface area contributed by atoms with Gasteiger partial charge in [0.25, 0.3) is 0 Å². The van der Waals surface area contributed by atoms with Crippen LogP contribution >= 0.6 is 0 Å². The van der Waals surface area contributed by atoms with E-state index in [4.69, 9.17) is 4.74 Å². The minimum absolute atomic E-state index is 0. The normalized spacial score (nSPS) is 15.0. The van der Waals surface area contributed by atoms with Crippen LogP contribution in [0.5, 0.6) is 5.75 Å². The van der Waals surface area contributed by atoms with E-state index >= 15 is 0 Å². The van der Waals surface area contributed by atoms with Crippen LogP contribution in [-0.4, -0.2) is 12.9 Å². The van der Waals surface area contributed by atoms with Gasteiger partial charge in [0.15, 0.2) is 0 Å². The lowest BCUT2D eigenvalue weighted by Crippen LogP contribution is -2.27. The van der Waals surface area contributed by atoms with Crippen molar-refractivity contribution < 1.29 is 4.74 Å². The quantitative estimate of drug-likeness (QED) is 0.822. The molecule has 0 radical (unpaired) electrons. The molecule has 2 rings (SSSR count). The maximum absolute atomic E-state index is 5.83. The highest BCUT2D eigenvalue weighted by Gasteiger charge is 2.21. The Morgan fingerprint density at radius 3 is 2.73 bits per heavy atom. The number of fused-ring (bicyclic) bond motifs is 1. The van der Waals surface area contributed by atoms with Crippen LogP contribution in [0.4, 0.5) is 0 Å². The molecule has 0 saturated carbocycles. The molecule has 1 aliphatic heterocycles. The Balaban J connectivity index is 0.00000242. The maximum atomic E-state index is 5.83. The van der Waals surface area contributed by atoms with E-state index in [1.807, 2.05) is 6.08 Å². The number of hydrogen-bond donors (Lipinski definition) is 1. The van der Waals surface area contributed by atoms with Gasteiger partial charge in [0.2, 0.25) is 0 Å². The Labute approximate surface area is 134 Å². The standard InChI is InChI=1S/C18H24N2O.CH4/c1-6-19-8-7-13(2)16-10-15(18(3,4)5)9-14-11-20-12-21-17(14)16;/h6-10,20H,1,11-12H2,2-5H3;1H4/b13-7+,19-8?;. The van der Waals surface area contributed by atoms with Gasteiger partial charge in [-0.3, -0.25) is 10.3 Å². The Kier molecular flexibility index (Phi) is 6.12. The summed E-state index contributed by atoms with van der Waals surface area (Å²) in [6, 6.07) is 4.48. The lowest BCUT2D eigenvalue weighted by molar-refractivity contribution is 0.256. The number of nitrogens with zero attached hydrogens (tertiary/aromatic N) is 1. The third-order valence-corrected chi connectivity index (χ3v) is 3.61. The van der Waals surface area contributed by atoms with Gasteiger partial charge in [-0.1, -0.05) is 40.8 Å². The van der Waals surface area contributed by atoms with Crippen molar-refractivity contribution in [3.8, 4) is 5.75 Å². The van der Waals surface area contributed by atoms with Crippen LogP contribution in [0.25, 0.3) is 5.57 Å². The second-order valence-electron chi connectivity index (χ2n) is 6.31. The molecule has 0 unspecified atom stereocenters. The minimum Gasteiger partial charge on any atom is -0.477 e. The van der Waals surface area contributed by atoms with Gasteiger partial charge < -0.3 is 4.74 Å². The van der Waals surface area contributed by atoms with Crippen LogP contribution in [0.1, 0.15) is 51.8 Å². The predicted octanol–water partition coefficient (Wildman–Crippen LogP) is 4.68. The van der Waals surface area contributed by atoms with Gasteiger partial charge in [0.1, 0.15) is 12.5 Å². The molecule has 0 amide bonds. The van der Waals surface area contributed by atoms with Crippen molar-refractivity contribution in [2.45, 2.75) is 47.1 Å². The van der Waals surface area contributed by atoms with E-state index in [9.17, 15) is 0 Å². The third-order valence-electron chi connectivity index (χ3n) is 3.61. The van der Waals surface area contributed by atoms with Gasteiger partial charge in [-0.15, -0.1) is 0 Å². The second kappa shape index (κ2) is 7.41. The third kappa shape index (κ3) is 4.08. The van der Waals surface area contributed by atoms with Gasteiger partial charge >= 0.3 is 0 Å². The Morgan fingerprint density at radius 2 is 2.09 bits per heavy atom. The van der Waals surface area contributed by atoms with E-state index < -0.39 is 0 Å². The fourth-order valence-corrected chi connectivity index (χ4v) is 2.33. The lowest BCUT2D eigenvalue weighted by atomic mass is 9.83. The van der Waals surface area contributed by atoms with E-state index in [-0.39, 0.29) is 12.8 Å². The molecular weight excluding hydrogens is 272 g/mol. The van der Waals surface area contributed by atoms with Crippen molar-refractivity contribution in [3.05, 3.63) is 47.7 Å². The highest BCUT2D eigenvalue weighted by atomic mass is 16.5. The molecule has 1 heterocycles. The molecule has 3 nitrogen and oxygen atoms in total. The fraction of sp³-hybridized carbons (Fsp3) is 0.421. The first-order valence-electron chi connectivity index (χ1n) is 7.25. The summed E-state index contributed by atoms with van der Waals surface area (Å²) < 4.78 is 5.83. The molecule has 1 aromatic carbocycles. The molecule has 120 valence electrons. The molecule has 3 heteroatoms. The highest BCUT2D eigenvalue weighted by molar-refractivity contribution is 5.86. The number of nitrogens with one attached hydrogen (secondary N) is 1. The zero-order chi connectivity index (χ0) is 15.5. The molecule has 1 aliphatic rings. The summed E-state index contributed by atoms with van der Waals surface area (Å²) in [6.45, 7) is 13.8. The van der Waals surface area contributed by atoms with Crippen LogP contribution in [0.15, 0.2) is 36.0 Å². The molecule has 0 fully saturated rings. The van der Waals surface area contributed by atoms with Gasteiger partial charge in [0, 0.05) is 30.1 Å². The zero-order valence-corrected chi connectivity index (χ0v) is 13.4. The van der Waals surface area contributed by atoms with Crippen LogP contribution in [0.3, 0.4) is 0 Å². The first-order chi connectivity index (χ1) is 9.93. The molecule has 0 atom stereocenters. The van der Waals surface area contributed by atoms with Crippen molar-refractivity contribution in [2.75, 3.05) is 6.73 Å². The number of allylic oxidation sites excluding steroid dienone is 2. The SMILES string of the molecule is C.C=CN=C/C=C(\C)c1cc(C(C)(C)C)cc2c1OCNC2. The van der Waals surface area contributed by atoms with E-state index in [1.165, 1.54) is 17.3 Å². The van der Waals surface area contributed by atoms with Crippen molar-refractivity contribution in [1.82, 2.24) is 5.32 Å². The van der Waals surface area contributed by atoms with E-state index in [0.29, 0.717) is 6.73 Å². The summed E-state index contributed by atoms with van der Waals surface area (Å²) in [5.74, 6) is 0.988. The number of hydrogen-bond acceptors (Lipinski definition) is 3. The molecule has 0 aliphatic carbocycles. The fourth-order valence-electron chi connectivity index (χ4n) is 2.33. The van der Waals surface area contributed by atoms with Crippen LogP contribution < -0.4 is 10.1 Å². The van der Waals surface area contributed by atoms with Gasteiger partial charge in [-0.2, -0.15) is 0 Å². The van der Waals surface area contributed by atoms with Crippen molar-refractivity contribution in [1.29, 1.82) is 0 Å². The second-order valence-corrected chi connectivity index (χ2v) is 6.31. The molecule has 1 aromatic rings.